The lowest BCUT2D eigenvalue weighted by Crippen LogP contribution is -2.09. The van der Waals surface area contributed by atoms with Crippen LogP contribution >= 0.6 is 15.9 Å². The van der Waals surface area contributed by atoms with Gasteiger partial charge in [-0.25, -0.2) is 0 Å². The number of benzene rings is 1. The summed E-state index contributed by atoms with van der Waals surface area (Å²) in [5.74, 6) is 0. The van der Waals surface area contributed by atoms with Gasteiger partial charge in [0, 0.05) is 10.7 Å². The van der Waals surface area contributed by atoms with E-state index in [1.54, 1.807) is 6.20 Å². The Morgan fingerprint density at radius 2 is 2.00 bits per heavy atom. The third kappa shape index (κ3) is 3.30. The van der Waals surface area contributed by atoms with Gasteiger partial charge in [-0.3, -0.25) is 4.98 Å². The molecule has 1 unspecified atom stereocenters. The van der Waals surface area contributed by atoms with Gasteiger partial charge in [-0.1, -0.05) is 37.3 Å². The molecule has 2 nitrogen and oxygen atoms in total. The summed E-state index contributed by atoms with van der Waals surface area (Å²) in [5, 5.41) is 3.49. The van der Waals surface area contributed by atoms with Crippen molar-refractivity contribution in [3.05, 3.63) is 58.8 Å². The van der Waals surface area contributed by atoms with Crippen LogP contribution in [0.1, 0.15) is 24.9 Å². The van der Waals surface area contributed by atoms with Crippen molar-refractivity contribution in [1.29, 1.82) is 0 Å². The molecule has 0 aliphatic carbocycles. The van der Waals surface area contributed by atoms with E-state index in [0.29, 0.717) is 6.04 Å². The van der Waals surface area contributed by atoms with Crippen LogP contribution in [0.25, 0.3) is 0 Å². The monoisotopic (exact) mass is 290 g/mol. The molecule has 88 valence electrons. The van der Waals surface area contributed by atoms with Gasteiger partial charge < -0.3 is 5.32 Å². The zero-order valence-electron chi connectivity index (χ0n) is 9.73. The Morgan fingerprint density at radius 1 is 1.24 bits per heavy atom. The van der Waals surface area contributed by atoms with Crippen molar-refractivity contribution in [3.8, 4) is 0 Å². The third-order valence-corrected chi connectivity index (χ3v) is 3.09. The van der Waals surface area contributed by atoms with Crippen LogP contribution in [0.4, 0.5) is 5.69 Å². The van der Waals surface area contributed by atoms with Gasteiger partial charge >= 0.3 is 0 Å². The fourth-order valence-electron chi connectivity index (χ4n) is 1.80. The van der Waals surface area contributed by atoms with E-state index in [4.69, 9.17) is 0 Å². The maximum Gasteiger partial charge on any atom is 0.0542 e. The topological polar surface area (TPSA) is 24.9 Å². The van der Waals surface area contributed by atoms with Crippen molar-refractivity contribution in [3.63, 3.8) is 0 Å². The minimum Gasteiger partial charge on any atom is -0.377 e. The van der Waals surface area contributed by atoms with Crippen LogP contribution in [0.3, 0.4) is 0 Å². The van der Waals surface area contributed by atoms with Crippen molar-refractivity contribution >= 4 is 21.6 Å². The number of hydrogen-bond donors (Lipinski definition) is 1. The van der Waals surface area contributed by atoms with Crippen LogP contribution < -0.4 is 5.32 Å². The first-order valence-electron chi connectivity index (χ1n) is 5.71. The summed E-state index contributed by atoms with van der Waals surface area (Å²) in [4.78, 5) is 4.16. The predicted molar refractivity (Wildman–Crippen MR) is 75.0 cm³/mol. The molecule has 1 aromatic carbocycles. The number of hydrogen-bond acceptors (Lipinski definition) is 2. The van der Waals surface area contributed by atoms with Crippen molar-refractivity contribution in [2.75, 3.05) is 5.32 Å². The van der Waals surface area contributed by atoms with E-state index in [9.17, 15) is 0 Å². The normalized spacial score (nSPS) is 12.1. The fourth-order valence-corrected chi connectivity index (χ4v) is 2.16. The molecule has 0 aliphatic rings. The molecule has 1 aromatic heterocycles. The van der Waals surface area contributed by atoms with Gasteiger partial charge in [0.15, 0.2) is 0 Å². The van der Waals surface area contributed by atoms with Crippen LogP contribution in [0.5, 0.6) is 0 Å². The predicted octanol–water partition coefficient (Wildman–Crippen LogP) is 4.41. The molecule has 0 radical (unpaired) electrons. The second-order valence-electron chi connectivity index (χ2n) is 3.91. The maximum absolute atomic E-state index is 4.16. The number of aromatic nitrogens is 1. The summed E-state index contributed by atoms with van der Waals surface area (Å²) in [7, 11) is 0. The summed E-state index contributed by atoms with van der Waals surface area (Å²) in [5.41, 5.74) is 2.34. The van der Waals surface area contributed by atoms with Gasteiger partial charge in [-0.15, -0.1) is 0 Å². The van der Waals surface area contributed by atoms with E-state index in [1.807, 2.05) is 18.3 Å². The lowest BCUT2D eigenvalue weighted by molar-refractivity contribution is 0.748. The van der Waals surface area contributed by atoms with Crippen LogP contribution in [-0.2, 0) is 0 Å². The van der Waals surface area contributed by atoms with Crippen molar-refractivity contribution < 1.29 is 0 Å². The number of rotatable bonds is 4. The molecule has 1 N–H and O–H groups in total. The first-order chi connectivity index (χ1) is 8.29. The highest BCUT2D eigenvalue weighted by atomic mass is 79.9. The first kappa shape index (κ1) is 12.1. The van der Waals surface area contributed by atoms with Gasteiger partial charge in [0.25, 0.3) is 0 Å². The molecule has 0 spiro atoms. The number of pyridine rings is 1. The fraction of sp³-hybridized carbons (Fsp3) is 0.214. The van der Waals surface area contributed by atoms with Crippen molar-refractivity contribution in [2.24, 2.45) is 0 Å². The standard InChI is InChI=1S/C14H15BrN2/c1-2-14(11-6-4-3-5-7-11)17-13-8-12(15)9-16-10-13/h3-10,14,17H,2H2,1H3. The van der Waals surface area contributed by atoms with Crippen LogP contribution in [-0.4, -0.2) is 4.98 Å². The average Bonchev–Trinajstić information content (AvgIpc) is 2.37. The molecule has 0 amide bonds. The second kappa shape index (κ2) is 5.82. The van der Waals surface area contributed by atoms with E-state index in [2.05, 4.69) is 57.4 Å². The SMILES string of the molecule is CCC(Nc1cncc(Br)c1)c1ccccc1. The molecule has 1 heterocycles. The maximum atomic E-state index is 4.16. The van der Waals surface area contributed by atoms with E-state index in [0.717, 1.165) is 16.6 Å². The Labute approximate surface area is 110 Å². The summed E-state index contributed by atoms with van der Waals surface area (Å²) in [6.07, 6.45) is 4.67. The summed E-state index contributed by atoms with van der Waals surface area (Å²) >= 11 is 3.43. The van der Waals surface area contributed by atoms with Gasteiger partial charge in [0.2, 0.25) is 0 Å². The molecule has 3 heteroatoms. The summed E-state index contributed by atoms with van der Waals surface area (Å²) < 4.78 is 0.991. The van der Waals surface area contributed by atoms with E-state index in [1.165, 1.54) is 5.56 Å². The van der Waals surface area contributed by atoms with E-state index < -0.39 is 0 Å². The largest absolute Gasteiger partial charge is 0.377 e. The number of halogens is 1. The van der Waals surface area contributed by atoms with Crippen LogP contribution in [0.2, 0.25) is 0 Å². The molecule has 2 rings (SSSR count). The molecule has 17 heavy (non-hydrogen) atoms. The molecule has 0 bridgehead atoms. The minimum atomic E-state index is 0.326. The lowest BCUT2D eigenvalue weighted by Gasteiger charge is -2.18. The highest BCUT2D eigenvalue weighted by Crippen LogP contribution is 2.23. The number of nitrogens with zero attached hydrogens (tertiary/aromatic N) is 1. The highest BCUT2D eigenvalue weighted by Gasteiger charge is 2.08. The average molecular weight is 291 g/mol. The Balaban J connectivity index is 2.16. The lowest BCUT2D eigenvalue weighted by atomic mass is 10.0. The van der Waals surface area contributed by atoms with Crippen molar-refractivity contribution in [2.45, 2.75) is 19.4 Å². The molecule has 2 aromatic rings. The van der Waals surface area contributed by atoms with Crippen molar-refractivity contribution in [1.82, 2.24) is 4.98 Å². The van der Waals surface area contributed by atoms with Gasteiger partial charge in [-0.05, 0) is 34.0 Å². The number of anilines is 1. The van der Waals surface area contributed by atoms with E-state index in [-0.39, 0.29) is 0 Å². The zero-order valence-corrected chi connectivity index (χ0v) is 11.3. The first-order valence-corrected chi connectivity index (χ1v) is 6.51. The summed E-state index contributed by atoms with van der Waals surface area (Å²) in [6, 6.07) is 12.8. The number of nitrogens with one attached hydrogen (secondary N) is 1. The molecular weight excluding hydrogens is 276 g/mol. The smallest absolute Gasteiger partial charge is 0.0542 e. The molecule has 0 aliphatic heterocycles. The highest BCUT2D eigenvalue weighted by molar-refractivity contribution is 9.10. The Bertz CT molecular complexity index is 471. The Morgan fingerprint density at radius 3 is 2.65 bits per heavy atom. The van der Waals surface area contributed by atoms with Crippen LogP contribution in [0, 0.1) is 0 Å². The van der Waals surface area contributed by atoms with Crippen LogP contribution in [0.15, 0.2) is 53.3 Å². The van der Waals surface area contributed by atoms with E-state index >= 15 is 0 Å². The van der Waals surface area contributed by atoms with Gasteiger partial charge in [0.1, 0.15) is 0 Å². The molecule has 0 fully saturated rings. The minimum absolute atomic E-state index is 0.326. The van der Waals surface area contributed by atoms with Gasteiger partial charge in [0.05, 0.1) is 17.9 Å². The Kier molecular flexibility index (Phi) is 4.15. The summed E-state index contributed by atoms with van der Waals surface area (Å²) in [6.45, 7) is 2.18. The molecule has 1 atom stereocenters. The quantitative estimate of drug-likeness (QED) is 0.902. The van der Waals surface area contributed by atoms with Gasteiger partial charge in [-0.2, -0.15) is 0 Å². The zero-order chi connectivity index (χ0) is 12.1. The molecule has 0 saturated heterocycles. The second-order valence-corrected chi connectivity index (χ2v) is 4.82. The third-order valence-electron chi connectivity index (χ3n) is 2.66. The Hall–Kier alpha value is -1.35. The molecule has 0 saturated carbocycles. The molecular formula is C14H15BrN2.